The normalized spacial score (nSPS) is 21.5. The Hall–Kier alpha value is -2.97. The molecule has 2 unspecified atom stereocenters. The lowest BCUT2D eigenvalue weighted by Gasteiger charge is -2.34. The molecule has 2 fully saturated rings. The Morgan fingerprint density at radius 2 is 1.86 bits per heavy atom. The molecule has 3 aliphatic rings. The van der Waals surface area contributed by atoms with Gasteiger partial charge in [-0.3, -0.25) is 24.6 Å². The molecule has 12 heteroatoms. The van der Waals surface area contributed by atoms with E-state index in [1.54, 1.807) is 11.0 Å². The van der Waals surface area contributed by atoms with Crippen LogP contribution in [0.4, 0.5) is 0 Å². The lowest BCUT2D eigenvalue weighted by atomic mass is 9.60. The van der Waals surface area contributed by atoms with E-state index in [-0.39, 0.29) is 24.8 Å². The maximum Gasteiger partial charge on any atom is 0.255 e. The summed E-state index contributed by atoms with van der Waals surface area (Å²) in [7, 11) is 8.44. The highest BCUT2D eigenvalue weighted by Gasteiger charge is 2.40. The van der Waals surface area contributed by atoms with Crippen LogP contribution < -0.4 is 15.5 Å². The van der Waals surface area contributed by atoms with Crippen molar-refractivity contribution in [1.29, 1.82) is 0 Å². The summed E-state index contributed by atoms with van der Waals surface area (Å²) in [6, 6.07) is 11.3. The lowest BCUT2D eigenvalue weighted by Crippen LogP contribution is -2.52. The summed E-state index contributed by atoms with van der Waals surface area (Å²) in [5.41, 5.74) is 4.88. The van der Waals surface area contributed by atoms with E-state index >= 15 is 0 Å². The highest BCUT2D eigenvalue weighted by Crippen LogP contribution is 2.36. The molecule has 0 saturated carbocycles. The largest absolute Gasteiger partial charge is 0.501 e. The number of amides is 3. The van der Waals surface area contributed by atoms with Crippen molar-refractivity contribution in [3.05, 3.63) is 58.7 Å². The highest BCUT2D eigenvalue weighted by molar-refractivity contribution is 6.40. The monoisotopic (exact) mass is 497 g/mol. The van der Waals surface area contributed by atoms with Gasteiger partial charge in [0.25, 0.3) is 5.91 Å². The van der Waals surface area contributed by atoms with Gasteiger partial charge in [0.1, 0.15) is 27.5 Å². The summed E-state index contributed by atoms with van der Waals surface area (Å²) < 4.78 is 12.1. The molecule has 0 aliphatic carbocycles. The summed E-state index contributed by atoms with van der Waals surface area (Å²) in [5, 5.41) is 1.71. The number of morpholine rings is 1. The van der Waals surface area contributed by atoms with Gasteiger partial charge < -0.3 is 14.4 Å². The van der Waals surface area contributed by atoms with Crippen LogP contribution in [0.5, 0.6) is 5.75 Å². The Labute approximate surface area is 221 Å². The Morgan fingerprint density at radius 3 is 2.57 bits per heavy atom. The van der Waals surface area contributed by atoms with E-state index in [4.69, 9.17) is 9.47 Å². The molecule has 0 radical (unpaired) electrons. The highest BCUT2D eigenvalue weighted by atomic mass is 16.5. The summed E-state index contributed by atoms with van der Waals surface area (Å²) >= 11 is 0. The molecule has 2 aromatic carbocycles. The summed E-state index contributed by atoms with van der Waals surface area (Å²) in [5.74, 6) is 0.0293. The van der Waals surface area contributed by atoms with Crippen molar-refractivity contribution < 1.29 is 23.9 Å². The first-order chi connectivity index (χ1) is 17.7. The molecular weight excluding hydrogens is 466 g/mol. The van der Waals surface area contributed by atoms with Gasteiger partial charge in [0.05, 0.1) is 25.2 Å². The molecule has 3 aliphatic heterocycles. The van der Waals surface area contributed by atoms with Crippen LogP contribution in [0.15, 0.2) is 36.4 Å². The standard InChI is InChI=1S/C25H31B4N3O5/c26-18-12-14(4-5-16(18)22(27)31-8-10-36-11-9-31)25(28,29)37-20-3-1-2-15-17(20)13-32(24(15)35)19-6-7-21(33)30-23(19)34/h1-5,12,19,22H,6-11,13,26-29H2,(H,30,33,34). The van der Waals surface area contributed by atoms with Crippen LogP contribution in [0, 0.1) is 0 Å². The number of nitrogens with one attached hydrogen (secondary N) is 1. The van der Waals surface area contributed by atoms with E-state index in [9.17, 15) is 14.4 Å². The molecule has 188 valence electrons. The summed E-state index contributed by atoms with van der Waals surface area (Å²) in [6.45, 7) is 3.69. The molecule has 1 N–H and O–H groups in total. The van der Waals surface area contributed by atoms with Gasteiger partial charge in [-0.15, -0.1) is 0 Å². The van der Waals surface area contributed by atoms with E-state index in [0.717, 1.165) is 37.4 Å². The number of imide groups is 1. The molecule has 0 aromatic heterocycles. The topological polar surface area (TPSA) is 88.2 Å². The Morgan fingerprint density at radius 1 is 1.11 bits per heavy atom. The number of hydrogen-bond donors (Lipinski definition) is 1. The van der Waals surface area contributed by atoms with Gasteiger partial charge in [0, 0.05) is 36.6 Å². The van der Waals surface area contributed by atoms with Gasteiger partial charge in [-0.1, -0.05) is 29.7 Å². The molecule has 2 saturated heterocycles. The van der Waals surface area contributed by atoms with Crippen molar-refractivity contribution in [1.82, 2.24) is 15.1 Å². The zero-order valence-electron chi connectivity index (χ0n) is 22.0. The quantitative estimate of drug-likeness (QED) is 0.342. The zero-order chi connectivity index (χ0) is 26.3. The first-order valence-electron chi connectivity index (χ1n) is 13.0. The number of piperidine rings is 1. The van der Waals surface area contributed by atoms with Gasteiger partial charge >= 0.3 is 0 Å². The van der Waals surface area contributed by atoms with Gasteiger partial charge in [0.15, 0.2) is 15.7 Å². The minimum Gasteiger partial charge on any atom is -0.501 e. The molecule has 3 heterocycles. The van der Waals surface area contributed by atoms with Crippen LogP contribution >= 0.6 is 0 Å². The number of nitrogens with zero attached hydrogens (tertiary/aromatic N) is 2. The average Bonchev–Trinajstić information content (AvgIpc) is 3.21. The number of carbonyl (C=O) groups is 3. The van der Waals surface area contributed by atoms with Crippen molar-refractivity contribution in [3.8, 4) is 5.75 Å². The van der Waals surface area contributed by atoms with Gasteiger partial charge in [-0.25, -0.2) is 0 Å². The second-order valence-electron chi connectivity index (χ2n) is 10.7. The van der Waals surface area contributed by atoms with E-state index in [2.05, 4.69) is 44.1 Å². The van der Waals surface area contributed by atoms with Crippen molar-refractivity contribution in [2.24, 2.45) is 0 Å². The molecular formula is C25H31B4N3O5. The molecule has 37 heavy (non-hydrogen) atoms. The van der Waals surface area contributed by atoms with Crippen molar-refractivity contribution in [2.45, 2.75) is 36.8 Å². The summed E-state index contributed by atoms with van der Waals surface area (Å²) in [6.07, 6.45) is 0.563. The molecule has 5 rings (SSSR count). The number of carbonyl (C=O) groups excluding carboxylic acids is 3. The number of benzene rings is 2. The third kappa shape index (κ3) is 4.97. The molecule has 8 nitrogen and oxygen atoms in total. The minimum absolute atomic E-state index is 0.204. The lowest BCUT2D eigenvalue weighted by molar-refractivity contribution is -0.136. The van der Waals surface area contributed by atoms with E-state index < -0.39 is 17.3 Å². The zero-order valence-corrected chi connectivity index (χ0v) is 22.0. The maximum absolute atomic E-state index is 13.2. The van der Waals surface area contributed by atoms with Crippen LogP contribution in [0.1, 0.15) is 45.8 Å². The minimum atomic E-state index is -0.651. The predicted molar refractivity (Wildman–Crippen MR) is 150 cm³/mol. The van der Waals surface area contributed by atoms with Crippen LogP contribution in [0.25, 0.3) is 0 Å². The van der Waals surface area contributed by atoms with Crippen LogP contribution in [-0.4, -0.2) is 91.3 Å². The van der Waals surface area contributed by atoms with Gasteiger partial charge in [0.2, 0.25) is 11.8 Å². The molecule has 0 bridgehead atoms. The van der Waals surface area contributed by atoms with Crippen molar-refractivity contribution in [3.63, 3.8) is 0 Å². The van der Waals surface area contributed by atoms with Crippen LogP contribution in [-0.2, 0) is 26.3 Å². The second-order valence-corrected chi connectivity index (χ2v) is 10.7. The Kier molecular flexibility index (Phi) is 6.98. The molecule has 2 aromatic rings. The fraction of sp³-hybridized carbons (Fsp3) is 0.400. The fourth-order valence-electron chi connectivity index (χ4n) is 5.67. The van der Waals surface area contributed by atoms with Gasteiger partial charge in [-0.2, -0.15) is 0 Å². The third-order valence-corrected chi connectivity index (χ3v) is 7.91. The van der Waals surface area contributed by atoms with E-state index in [0.29, 0.717) is 23.7 Å². The van der Waals surface area contributed by atoms with Gasteiger partial charge in [-0.05, 0) is 29.7 Å². The Bertz CT molecular complexity index is 1250. The number of hydrogen-bond acceptors (Lipinski definition) is 6. The SMILES string of the molecule is Bc1cc(C(B)(B)Oc2cccc3c2CN(C2CCC(=O)NC2=O)C3=O)ccc1C(B)N1CCOCC1. The summed E-state index contributed by atoms with van der Waals surface area (Å²) in [4.78, 5) is 41.2. The maximum atomic E-state index is 13.2. The first kappa shape index (κ1) is 25.7. The predicted octanol–water partition coefficient (Wildman–Crippen LogP) is -2.87. The molecule has 2 atom stereocenters. The smallest absolute Gasteiger partial charge is 0.255 e. The average molecular weight is 497 g/mol. The number of rotatable bonds is 6. The Balaban J connectivity index is 1.35. The third-order valence-electron chi connectivity index (χ3n) is 7.91. The van der Waals surface area contributed by atoms with E-state index in [1.807, 2.05) is 27.8 Å². The van der Waals surface area contributed by atoms with Crippen LogP contribution in [0.3, 0.4) is 0 Å². The second kappa shape index (κ2) is 10.1. The molecule has 3 amide bonds. The molecule has 0 spiro atoms. The van der Waals surface area contributed by atoms with E-state index in [1.165, 1.54) is 11.0 Å². The number of fused-ring (bicyclic) bond motifs is 1. The van der Waals surface area contributed by atoms with Crippen LogP contribution in [0.2, 0.25) is 0 Å². The fourth-order valence-corrected chi connectivity index (χ4v) is 5.67. The number of ether oxygens (including phenoxy) is 2. The first-order valence-corrected chi connectivity index (χ1v) is 13.0. The van der Waals surface area contributed by atoms with Crippen molar-refractivity contribution in [2.75, 3.05) is 26.3 Å². The van der Waals surface area contributed by atoms with Crippen molar-refractivity contribution >= 4 is 54.6 Å².